The summed E-state index contributed by atoms with van der Waals surface area (Å²) in [7, 11) is 0. The maximum atomic E-state index is 12.0. The van der Waals surface area contributed by atoms with Crippen LogP contribution in [0.2, 0.25) is 0 Å². The average Bonchev–Trinajstić information content (AvgIpc) is 2.39. The van der Waals surface area contributed by atoms with Gasteiger partial charge in [0.1, 0.15) is 5.69 Å². The summed E-state index contributed by atoms with van der Waals surface area (Å²) in [5.74, 6) is -0.339. The molecule has 0 aliphatic heterocycles. The number of anilines is 1. The van der Waals surface area contributed by atoms with E-state index >= 15 is 0 Å². The zero-order valence-electron chi connectivity index (χ0n) is 10.5. The van der Waals surface area contributed by atoms with Gasteiger partial charge in [0.15, 0.2) is 0 Å². The van der Waals surface area contributed by atoms with E-state index in [1.807, 2.05) is 25.1 Å². The number of aromatic nitrogens is 1. The fraction of sp³-hybridized carbons (Fsp3) is 0.143. The third-order valence-corrected chi connectivity index (χ3v) is 2.82. The van der Waals surface area contributed by atoms with Crippen LogP contribution in [-0.4, -0.2) is 10.9 Å². The van der Waals surface area contributed by atoms with Crippen LogP contribution in [0.4, 0.5) is 5.69 Å². The van der Waals surface area contributed by atoms with Gasteiger partial charge in [-0.2, -0.15) is 0 Å². The summed E-state index contributed by atoms with van der Waals surface area (Å²) < 4.78 is 0. The molecule has 5 heteroatoms. The van der Waals surface area contributed by atoms with E-state index in [0.29, 0.717) is 5.69 Å². The lowest BCUT2D eigenvalue weighted by atomic mass is 10.1. The van der Waals surface area contributed by atoms with Crippen LogP contribution < -0.4 is 16.6 Å². The number of hydrogen-bond donors (Lipinski definition) is 3. The molecule has 2 rings (SSSR count). The van der Waals surface area contributed by atoms with Gasteiger partial charge in [-0.3, -0.25) is 9.59 Å². The molecule has 98 valence electrons. The highest BCUT2D eigenvalue weighted by atomic mass is 16.2. The molecule has 19 heavy (non-hydrogen) atoms. The van der Waals surface area contributed by atoms with Gasteiger partial charge in [0.25, 0.3) is 5.91 Å². The molecule has 0 bridgehead atoms. The van der Waals surface area contributed by atoms with Crippen molar-refractivity contribution in [3.8, 4) is 0 Å². The number of nitrogen functional groups attached to an aromatic ring is 1. The summed E-state index contributed by atoms with van der Waals surface area (Å²) in [4.78, 5) is 25.6. The smallest absolute Gasteiger partial charge is 0.268 e. The first-order valence-corrected chi connectivity index (χ1v) is 5.92. The first-order chi connectivity index (χ1) is 9.08. The highest BCUT2D eigenvalue weighted by Crippen LogP contribution is 2.19. The molecule has 2 aromatic rings. The van der Waals surface area contributed by atoms with Gasteiger partial charge in [-0.05, 0) is 24.6 Å². The Labute approximate surface area is 110 Å². The first kappa shape index (κ1) is 12.9. The SMILES string of the molecule is CC(NC(=O)c1cccc(=O)[nH]1)c1ccccc1N. The van der Waals surface area contributed by atoms with E-state index in [4.69, 9.17) is 5.73 Å². The highest BCUT2D eigenvalue weighted by Gasteiger charge is 2.13. The van der Waals surface area contributed by atoms with E-state index in [1.165, 1.54) is 12.1 Å². The number of para-hydroxylation sites is 1. The van der Waals surface area contributed by atoms with Gasteiger partial charge in [-0.25, -0.2) is 0 Å². The van der Waals surface area contributed by atoms with Crippen LogP contribution in [0.1, 0.15) is 29.0 Å². The molecule has 1 unspecified atom stereocenters. The van der Waals surface area contributed by atoms with Crippen molar-refractivity contribution >= 4 is 11.6 Å². The van der Waals surface area contributed by atoms with E-state index in [0.717, 1.165) is 5.56 Å². The third kappa shape index (κ3) is 3.01. The summed E-state index contributed by atoms with van der Waals surface area (Å²) in [5.41, 5.74) is 7.24. The fourth-order valence-corrected chi connectivity index (χ4v) is 1.84. The quantitative estimate of drug-likeness (QED) is 0.727. The predicted octanol–water partition coefficient (Wildman–Crippen LogP) is 1.45. The Morgan fingerprint density at radius 3 is 2.63 bits per heavy atom. The molecule has 1 amide bonds. The van der Waals surface area contributed by atoms with Gasteiger partial charge in [-0.15, -0.1) is 0 Å². The van der Waals surface area contributed by atoms with Gasteiger partial charge in [0.2, 0.25) is 5.56 Å². The minimum Gasteiger partial charge on any atom is -0.398 e. The summed E-state index contributed by atoms with van der Waals surface area (Å²) in [6.07, 6.45) is 0. The van der Waals surface area contributed by atoms with Crippen LogP contribution >= 0.6 is 0 Å². The van der Waals surface area contributed by atoms with Crippen molar-refractivity contribution in [2.45, 2.75) is 13.0 Å². The van der Waals surface area contributed by atoms with Crippen LogP contribution in [0.5, 0.6) is 0 Å². The second-order valence-electron chi connectivity index (χ2n) is 4.25. The van der Waals surface area contributed by atoms with E-state index < -0.39 is 0 Å². The number of rotatable bonds is 3. The van der Waals surface area contributed by atoms with Crippen LogP contribution in [0.3, 0.4) is 0 Å². The molecule has 0 fully saturated rings. The number of amides is 1. The molecular formula is C14H15N3O2. The minimum absolute atomic E-state index is 0.230. The second-order valence-corrected chi connectivity index (χ2v) is 4.25. The number of nitrogens with one attached hydrogen (secondary N) is 2. The van der Waals surface area contributed by atoms with Crippen molar-refractivity contribution in [1.82, 2.24) is 10.3 Å². The van der Waals surface area contributed by atoms with E-state index in [-0.39, 0.29) is 23.2 Å². The van der Waals surface area contributed by atoms with Crippen molar-refractivity contribution < 1.29 is 4.79 Å². The van der Waals surface area contributed by atoms with Crippen molar-refractivity contribution in [3.63, 3.8) is 0 Å². The van der Waals surface area contributed by atoms with Gasteiger partial charge in [-0.1, -0.05) is 24.3 Å². The maximum absolute atomic E-state index is 12.0. The Kier molecular flexibility index (Phi) is 3.66. The number of nitrogens with two attached hydrogens (primary N) is 1. The number of hydrogen-bond acceptors (Lipinski definition) is 3. The zero-order valence-corrected chi connectivity index (χ0v) is 10.5. The number of carbonyl (C=O) groups excluding carboxylic acids is 1. The van der Waals surface area contributed by atoms with Crippen LogP contribution in [0.15, 0.2) is 47.3 Å². The lowest BCUT2D eigenvalue weighted by molar-refractivity contribution is 0.0934. The zero-order chi connectivity index (χ0) is 13.8. The number of aromatic amines is 1. The Bertz CT molecular complexity index is 649. The van der Waals surface area contributed by atoms with Crippen molar-refractivity contribution in [2.75, 3.05) is 5.73 Å². The van der Waals surface area contributed by atoms with Crippen LogP contribution in [0, 0.1) is 0 Å². The van der Waals surface area contributed by atoms with E-state index in [9.17, 15) is 9.59 Å². The molecule has 0 saturated carbocycles. The van der Waals surface area contributed by atoms with Crippen LogP contribution in [0.25, 0.3) is 0 Å². The van der Waals surface area contributed by atoms with Crippen LogP contribution in [-0.2, 0) is 0 Å². The summed E-state index contributed by atoms with van der Waals surface area (Å²) in [6.45, 7) is 1.84. The molecule has 1 heterocycles. The number of carbonyl (C=O) groups is 1. The first-order valence-electron chi connectivity index (χ1n) is 5.92. The Hall–Kier alpha value is -2.56. The van der Waals surface area contributed by atoms with Crippen molar-refractivity contribution in [2.24, 2.45) is 0 Å². The van der Waals surface area contributed by atoms with E-state index in [1.54, 1.807) is 12.1 Å². The Balaban J connectivity index is 2.16. The van der Waals surface area contributed by atoms with Gasteiger partial charge < -0.3 is 16.0 Å². The Morgan fingerprint density at radius 2 is 1.95 bits per heavy atom. The standard InChI is InChI=1S/C14H15N3O2/c1-9(10-5-2-3-6-11(10)15)16-14(19)12-7-4-8-13(18)17-12/h2-9H,15H2,1H3,(H,16,19)(H,17,18). The van der Waals surface area contributed by atoms with Crippen molar-refractivity contribution in [1.29, 1.82) is 0 Å². The predicted molar refractivity (Wildman–Crippen MR) is 73.8 cm³/mol. The van der Waals surface area contributed by atoms with E-state index in [2.05, 4.69) is 10.3 Å². The largest absolute Gasteiger partial charge is 0.398 e. The normalized spacial score (nSPS) is 11.8. The summed E-state index contributed by atoms with van der Waals surface area (Å²) in [6, 6.07) is 11.5. The number of pyridine rings is 1. The molecule has 0 radical (unpaired) electrons. The molecule has 0 aliphatic rings. The molecule has 0 aliphatic carbocycles. The topological polar surface area (TPSA) is 88.0 Å². The molecular weight excluding hydrogens is 242 g/mol. The van der Waals surface area contributed by atoms with Gasteiger partial charge in [0, 0.05) is 11.8 Å². The lowest BCUT2D eigenvalue weighted by Gasteiger charge is -2.16. The molecule has 0 spiro atoms. The highest BCUT2D eigenvalue weighted by molar-refractivity contribution is 5.92. The summed E-state index contributed by atoms with van der Waals surface area (Å²) >= 11 is 0. The molecule has 0 saturated heterocycles. The lowest BCUT2D eigenvalue weighted by Crippen LogP contribution is -2.29. The second kappa shape index (κ2) is 5.39. The molecule has 1 aromatic carbocycles. The number of H-pyrrole nitrogens is 1. The minimum atomic E-state index is -0.339. The Morgan fingerprint density at radius 1 is 1.21 bits per heavy atom. The van der Waals surface area contributed by atoms with Crippen molar-refractivity contribution in [3.05, 3.63) is 64.1 Å². The molecule has 1 atom stereocenters. The van der Waals surface area contributed by atoms with Gasteiger partial charge in [0.05, 0.1) is 6.04 Å². The molecule has 4 N–H and O–H groups in total. The maximum Gasteiger partial charge on any atom is 0.268 e. The fourth-order valence-electron chi connectivity index (χ4n) is 1.84. The third-order valence-electron chi connectivity index (χ3n) is 2.82. The monoisotopic (exact) mass is 257 g/mol. The average molecular weight is 257 g/mol. The van der Waals surface area contributed by atoms with Gasteiger partial charge >= 0.3 is 0 Å². The summed E-state index contributed by atoms with van der Waals surface area (Å²) in [5, 5.41) is 2.79. The molecule has 1 aromatic heterocycles. The molecule has 5 nitrogen and oxygen atoms in total. The number of benzene rings is 1.